The van der Waals surface area contributed by atoms with Crippen LogP contribution in [0.15, 0.2) is 218 Å². The van der Waals surface area contributed by atoms with Crippen LogP contribution in [0.3, 0.4) is 0 Å². The molecule has 0 spiro atoms. The largest absolute Gasteiger partial charge is 0.309 e. The van der Waals surface area contributed by atoms with Crippen LogP contribution in [0.5, 0.6) is 0 Å². The lowest BCUT2D eigenvalue weighted by atomic mass is 9.36. The molecule has 67 heavy (non-hydrogen) atoms. The number of hydrogen-bond acceptors (Lipinski definition) is 0. The van der Waals surface area contributed by atoms with Crippen LogP contribution in [0, 0.1) is 5.92 Å². The highest BCUT2D eigenvalue weighted by molar-refractivity contribution is 6.11. The van der Waals surface area contributed by atoms with Crippen LogP contribution in [0.25, 0.3) is 82.5 Å². The van der Waals surface area contributed by atoms with Crippen LogP contribution in [0.1, 0.15) is 55.2 Å². The lowest BCUT2D eigenvalue weighted by Crippen LogP contribution is -2.61. The molecule has 0 aliphatic heterocycles. The SMILES string of the molecule is c1ccc2c(c1)c1ccccc1n2-c1ccc(C23CC4CC(c5ccc(-n6c7ccccc7c7ccccc76)cc5)(C2)CC(c2ccc(-n5c6ccccc6c6ccccc65)cc2)(C4)C3)cc1. The van der Waals surface area contributed by atoms with Crippen molar-refractivity contribution in [3.63, 3.8) is 0 Å². The first-order chi connectivity index (χ1) is 33.1. The number of fused-ring (bicyclic) bond motifs is 9. The molecular formula is C64H49N3. The molecule has 4 aliphatic carbocycles. The van der Waals surface area contributed by atoms with Gasteiger partial charge in [0.05, 0.1) is 33.1 Å². The van der Waals surface area contributed by atoms with Gasteiger partial charge < -0.3 is 13.7 Å². The van der Waals surface area contributed by atoms with Gasteiger partial charge in [-0.25, -0.2) is 0 Å². The maximum absolute atomic E-state index is 2.52. The maximum atomic E-state index is 2.52. The summed E-state index contributed by atoms with van der Waals surface area (Å²) in [6.07, 6.45) is 7.31. The van der Waals surface area contributed by atoms with E-state index in [9.17, 15) is 0 Å². The number of benzene rings is 9. The number of nitrogens with zero attached hydrogens (tertiary/aromatic N) is 3. The van der Waals surface area contributed by atoms with Crippen molar-refractivity contribution in [3.8, 4) is 17.1 Å². The summed E-state index contributed by atoms with van der Waals surface area (Å²) in [5.41, 5.74) is 16.0. The minimum atomic E-state index is 0.0653. The molecule has 0 atom stereocenters. The molecule has 3 heterocycles. The van der Waals surface area contributed by atoms with Crippen molar-refractivity contribution in [1.82, 2.24) is 13.7 Å². The average Bonchev–Trinajstić information content (AvgIpc) is 4.02. The Morgan fingerprint density at radius 2 is 0.463 bits per heavy atom. The molecule has 320 valence electrons. The summed E-state index contributed by atoms with van der Waals surface area (Å²) < 4.78 is 7.40. The number of para-hydroxylation sites is 6. The molecule has 0 unspecified atom stereocenters. The fourth-order valence-corrected chi connectivity index (χ4v) is 14.9. The third-order valence-electron chi connectivity index (χ3n) is 17.0. The minimum absolute atomic E-state index is 0.0653. The van der Waals surface area contributed by atoms with Crippen LogP contribution >= 0.6 is 0 Å². The molecule has 4 aliphatic rings. The van der Waals surface area contributed by atoms with E-state index in [2.05, 4.69) is 232 Å². The van der Waals surface area contributed by atoms with E-state index < -0.39 is 0 Å². The fraction of sp³-hybridized carbons (Fsp3) is 0.156. The van der Waals surface area contributed by atoms with Crippen molar-refractivity contribution >= 4 is 65.4 Å². The molecule has 0 radical (unpaired) electrons. The van der Waals surface area contributed by atoms with Gasteiger partial charge in [-0.3, -0.25) is 0 Å². The molecule has 0 amide bonds. The molecule has 3 nitrogen and oxygen atoms in total. The number of aromatic nitrogens is 3. The summed E-state index contributed by atoms with van der Waals surface area (Å²) in [6.45, 7) is 0. The highest BCUT2D eigenvalue weighted by Gasteiger charge is 2.64. The van der Waals surface area contributed by atoms with Gasteiger partial charge >= 0.3 is 0 Å². The first-order valence-corrected chi connectivity index (χ1v) is 24.3. The van der Waals surface area contributed by atoms with Gasteiger partial charge in [-0.2, -0.15) is 0 Å². The van der Waals surface area contributed by atoms with E-state index in [1.165, 1.54) is 138 Å². The van der Waals surface area contributed by atoms with Crippen LogP contribution in [-0.2, 0) is 16.2 Å². The zero-order valence-corrected chi connectivity index (χ0v) is 37.4. The van der Waals surface area contributed by atoms with Gasteiger partial charge in [0, 0.05) is 49.4 Å². The molecule has 0 N–H and O–H groups in total. The summed E-state index contributed by atoms with van der Waals surface area (Å²) in [5, 5.41) is 7.84. The van der Waals surface area contributed by atoms with E-state index in [0.29, 0.717) is 5.92 Å². The minimum Gasteiger partial charge on any atom is -0.309 e. The molecule has 3 aromatic heterocycles. The zero-order valence-electron chi connectivity index (χ0n) is 37.4. The normalized spacial score (nSPS) is 22.3. The molecule has 4 saturated carbocycles. The van der Waals surface area contributed by atoms with Crippen LogP contribution in [-0.4, -0.2) is 13.7 Å². The van der Waals surface area contributed by atoms with Crippen molar-refractivity contribution in [2.45, 2.75) is 54.8 Å². The Bertz CT molecular complexity index is 3360. The van der Waals surface area contributed by atoms with Gasteiger partial charge in [-0.05, 0) is 150 Å². The van der Waals surface area contributed by atoms with Crippen molar-refractivity contribution < 1.29 is 0 Å². The lowest BCUT2D eigenvalue weighted by Gasteiger charge is -2.67. The first kappa shape index (κ1) is 37.6. The van der Waals surface area contributed by atoms with Crippen molar-refractivity contribution in [3.05, 3.63) is 235 Å². The second-order valence-corrected chi connectivity index (χ2v) is 20.6. The molecule has 4 fully saturated rings. The Kier molecular flexibility index (Phi) is 7.69. The van der Waals surface area contributed by atoms with Gasteiger partial charge in [0.2, 0.25) is 0 Å². The van der Waals surface area contributed by atoms with E-state index in [-0.39, 0.29) is 16.2 Å². The Hall–Kier alpha value is -7.62. The Balaban J connectivity index is 0.866. The predicted octanol–water partition coefficient (Wildman–Crippen LogP) is 16.1. The highest BCUT2D eigenvalue weighted by atomic mass is 15.0. The topological polar surface area (TPSA) is 14.8 Å². The molecule has 3 heteroatoms. The van der Waals surface area contributed by atoms with E-state index in [4.69, 9.17) is 0 Å². The summed E-state index contributed by atoms with van der Waals surface area (Å²) in [7, 11) is 0. The van der Waals surface area contributed by atoms with E-state index in [1.54, 1.807) is 0 Å². The lowest BCUT2D eigenvalue weighted by molar-refractivity contribution is -0.0493. The zero-order chi connectivity index (χ0) is 43.9. The van der Waals surface area contributed by atoms with Gasteiger partial charge in [0.25, 0.3) is 0 Å². The van der Waals surface area contributed by atoms with Crippen LogP contribution in [0.2, 0.25) is 0 Å². The molecule has 16 rings (SSSR count). The van der Waals surface area contributed by atoms with Gasteiger partial charge in [-0.15, -0.1) is 0 Å². The van der Waals surface area contributed by atoms with E-state index in [1.807, 2.05) is 0 Å². The number of rotatable bonds is 6. The van der Waals surface area contributed by atoms with Crippen LogP contribution < -0.4 is 0 Å². The molecular weight excluding hydrogens is 811 g/mol. The van der Waals surface area contributed by atoms with Crippen molar-refractivity contribution in [1.29, 1.82) is 0 Å². The van der Waals surface area contributed by atoms with Crippen molar-refractivity contribution in [2.75, 3.05) is 0 Å². The Labute approximate surface area is 390 Å². The van der Waals surface area contributed by atoms with Gasteiger partial charge in [-0.1, -0.05) is 146 Å². The Morgan fingerprint density at radius 3 is 0.687 bits per heavy atom. The van der Waals surface area contributed by atoms with Crippen molar-refractivity contribution in [2.24, 2.45) is 5.92 Å². The van der Waals surface area contributed by atoms with Crippen LogP contribution in [0.4, 0.5) is 0 Å². The standard InChI is InChI=1S/C64H49N3/c1-7-19-56-50(13-1)51-14-2-8-20-57(51)65(56)47-31-25-44(26-32-47)62-37-43-38-63(40-62,45-27-33-48(34-28-45)66-58-21-9-3-15-52(58)53-16-4-10-22-59(53)66)42-64(39-43,41-62)46-29-35-49(36-30-46)67-60-23-11-5-17-54(60)55-18-6-12-24-61(55)67/h1-36,43H,37-42H2. The molecule has 9 aromatic carbocycles. The third kappa shape index (κ3) is 5.29. The summed E-state index contributed by atoms with van der Waals surface area (Å²) in [6, 6.07) is 82.9. The highest BCUT2D eigenvalue weighted by Crippen LogP contribution is 2.71. The molecule has 12 aromatic rings. The average molecular weight is 860 g/mol. The summed E-state index contributed by atoms with van der Waals surface area (Å²) in [5.74, 6) is 0.641. The molecule has 4 bridgehead atoms. The van der Waals surface area contributed by atoms with Gasteiger partial charge in [0.15, 0.2) is 0 Å². The second-order valence-electron chi connectivity index (χ2n) is 20.6. The fourth-order valence-electron chi connectivity index (χ4n) is 14.9. The van der Waals surface area contributed by atoms with Gasteiger partial charge in [0.1, 0.15) is 0 Å². The quantitative estimate of drug-likeness (QED) is 0.158. The first-order valence-electron chi connectivity index (χ1n) is 24.3. The van der Waals surface area contributed by atoms with E-state index >= 15 is 0 Å². The maximum Gasteiger partial charge on any atom is 0.0541 e. The summed E-state index contributed by atoms with van der Waals surface area (Å²) in [4.78, 5) is 0. The monoisotopic (exact) mass is 859 g/mol. The third-order valence-corrected chi connectivity index (χ3v) is 17.0. The van der Waals surface area contributed by atoms with E-state index in [0.717, 1.165) is 0 Å². The smallest absolute Gasteiger partial charge is 0.0541 e. The number of hydrogen-bond donors (Lipinski definition) is 0. The second kappa shape index (κ2) is 13.7. The summed E-state index contributed by atoms with van der Waals surface area (Å²) >= 11 is 0. The molecule has 0 saturated heterocycles. The Morgan fingerprint density at radius 1 is 0.254 bits per heavy atom. The predicted molar refractivity (Wildman–Crippen MR) is 279 cm³/mol.